The van der Waals surface area contributed by atoms with Gasteiger partial charge in [-0.1, -0.05) is 0 Å². The van der Waals surface area contributed by atoms with E-state index in [1.807, 2.05) is 13.2 Å². The molecule has 1 aliphatic rings. The Bertz CT molecular complexity index is 356. The molecule has 0 aromatic carbocycles. The number of hydrogen-bond acceptors (Lipinski definition) is 3. The topological polar surface area (TPSA) is 33.1 Å². The van der Waals surface area contributed by atoms with E-state index in [2.05, 4.69) is 47.1 Å². The average molecular weight is 236 g/mol. The van der Waals surface area contributed by atoms with Crippen LogP contribution in [0.4, 0.5) is 0 Å². The van der Waals surface area contributed by atoms with E-state index in [0.29, 0.717) is 18.0 Å². The van der Waals surface area contributed by atoms with E-state index in [0.717, 1.165) is 6.54 Å². The zero-order valence-corrected chi connectivity index (χ0v) is 11.3. The minimum absolute atomic E-state index is 0.443. The molecule has 17 heavy (non-hydrogen) atoms. The van der Waals surface area contributed by atoms with Crippen molar-refractivity contribution in [3.8, 4) is 0 Å². The molecular formula is C13H24N4. The lowest BCUT2D eigenvalue weighted by atomic mass is 9.96. The number of nitrogens with zero attached hydrogens (tertiary/aromatic N) is 3. The second-order valence-corrected chi connectivity index (χ2v) is 5.38. The molecule has 1 aromatic heterocycles. The molecule has 4 heteroatoms. The van der Waals surface area contributed by atoms with Crippen LogP contribution in [-0.4, -0.2) is 41.9 Å². The lowest BCUT2D eigenvalue weighted by Crippen LogP contribution is -2.26. The van der Waals surface area contributed by atoms with Crippen LogP contribution in [0.15, 0.2) is 12.4 Å². The molecule has 1 N–H and O–H groups in total. The van der Waals surface area contributed by atoms with E-state index in [4.69, 9.17) is 0 Å². The Morgan fingerprint density at radius 2 is 2.29 bits per heavy atom. The third kappa shape index (κ3) is 2.53. The molecule has 0 bridgehead atoms. The number of likely N-dealkylation sites (tertiary alicyclic amines) is 1. The summed E-state index contributed by atoms with van der Waals surface area (Å²) in [6.45, 7) is 6.60. The van der Waals surface area contributed by atoms with Gasteiger partial charge in [0.2, 0.25) is 0 Å². The maximum Gasteiger partial charge on any atom is 0.0537 e. The highest BCUT2D eigenvalue weighted by molar-refractivity contribution is 5.14. The summed E-state index contributed by atoms with van der Waals surface area (Å²) in [7, 11) is 4.25. The maximum absolute atomic E-state index is 4.46. The number of hydrogen-bond donors (Lipinski definition) is 1. The Morgan fingerprint density at radius 3 is 2.88 bits per heavy atom. The summed E-state index contributed by atoms with van der Waals surface area (Å²) < 4.78 is 2.05. The number of aromatic nitrogens is 2. The molecule has 1 aromatic rings. The second kappa shape index (κ2) is 5.19. The van der Waals surface area contributed by atoms with Crippen molar-refractivity contribution >= 4 is 0 Å². The Balaban J connectivity index is 2.17. The largest absolute Gasteiger partial charge is 0.319 e. The summed E-state index contributed by atoms with van der Waals surface area (Å²) in [6, 6.07) is 0.966. The van der Waals surface area contributed by atoms with E-state index in [-0.39, 0.29) is 0 Å². The van der Waals surface area contributed by atoms with Gasteiger partial charge in [0.15, 0.2) is 0 Å². The van der Waals surface area contributed by atoms with Gasteiger partial charge in [-0.15, -0.1) is 0 Å². The third-order valence-electron chi connectivity index (χ3n) is 3.73. The molecule has 2 rings (SSSR count). The summed E-state index contributed by atoms with van der Waals surface area (Å²) in [4.78, 5) is 2.45. The zero-order valence-electron chi connectivity index (χ0n) is 11.3. The Kier molecular flexibility index (Phi) is 3.84. The highest BCUT2D eigenvalue weighted by atomic mass is 15.3. The molecule has 2 atom stereocenters. The molecule has 0 aliphatic carbocycles. The van der Waals surface area contributed by atoms with Gasteiger partial charge >= 0.3 is 0 Å². The third-order valence-corrected chi connectivity index (χ3v) is 3.73. The SMILES string of the molecule is CNCC1CCN(C)C1c1cnn(C(C)C)c1. The van der Waals surface area contributed by atoms with Crippen LogP contribution in [0, 0.1) is 5.92 Å². The van der Waals surface area contributed by atoms with E-state index in [1.54, 1.807) is 0 Å². The highest BCUT2D eigenvalue weighted by Gasteiger charge is 2.33. The van der Waals surface area contributed by atoms with Crippen LogP contribution in [-0.2, 0) is 0 Å². The van der Waals surface area contributed by atoms with E-state index >= 15 is 0 Å². The van der Waals surface area contributed by atoms with Crippen molar-refractivity contribution in [3.63, 3.8) is 0 Å². The van der Waals surface area contributed by atoms with Gasteiger partial charge in [0.25, 0.3) is 0 Å². The van der Waals surface area contributed by atoms with Gasteiger partial charge in [0.05, 0.1) is 6.20 Å². The van der Waals surface area contributed by atoms with Gasteiger partial charge in [0.1, 0.15) is 0 Å². The van der Waals surface area contributed by atoms with E-state index in [1.165, 1.54) is 18.5 Å². The Labute approximate surface area is 104 Å². The fourth-order valence-corrected chi connectivity index (χ4v) is 2.82. The molecule has 4 nitrogen and oxygen atoms in total. The zero-order chi connectivity index (χ0) is 12.4. The van der Waals surface area contributed by atoms with Crippen molar-refractivity contribution in [1.29, 1.82) is 0 Å². The molecule has 0 amide bonds. The summed E-state index contributed by atoms with van der Waals surface area (Å²) >= 11 is 0. The van der Waals surface area contributed by atoms with Crippen LogP contribution in [0.5, 0.6) is 0 Å². The van der Waals surface area contributed by atoms with Gasteiger partial charge in [-0.2, -0.15) is 5.10 Å². The van der Waals surface area contributed by atoms with Gasteiger partial charge in [-0.3, -0.25) is 9.58 Å². The second-order valence-electron chi connectivity index (χ2n) is 5.38. The maximum atomic E-state index is 4.46. The quantitative estimate of drug-likeness (QED) is 0.863. The first-order chi connectivity index (χ1) is 8.13. The normalized spacial score (nSPS) is 25.9. The fourth-order valence-electron chi connectivity index (χ4n) is 2.82. The molecule has 0 radical (unpaired) electrons. The predicted octanol–water partition coefficient (Wildman–Crippen LogP) is 1.68. The van der Waals surface area contributed by atoms with Crippen LogP contribution in [0.3, 0.4) is 0 Å². The van der Waals surface area contributed by atoms with Crippen molar-refractivity contribution in [2.24, 2.45) is 5.92 Å². The van der Waals surface area contributed by atoms with Gasteiger partial charge in [0, 0.05) is 23.8 Å². The summed E-state index contributed by atoms with van der Waals surface area (Å²) in [5.74, 6) is 0.704. The summed E-state index contributed by atoms with van der Waals surface area (Å²) in [6.07, 6.45) is 5.52. The lowest BCUT2D eigenvalue weighted by molar-refractivity contribution is 0.274. The van der Waals surface area contributed by atoms with Gasteiger partial charge < -0.3 is 5.32 Å². The van der Waals surface area contributed by atoms with Crippen molar-refractivity contribution in [2.45, 2.75) is 32.4 Å². The molecule has 1 fully saturated rings. The molecule has 0 spiro atoms. The lowest BCUT2D eigenvalue weighted by Gasteiger charge is -2.23. The molecule has 1 saturated heterocycles. The predicted molar refractivity (Wildman–Crippen MR) is 70.0 cm³/mol. The van der Waals surface area contributed by atoms with Crippen LogP contribution < -0.4 is 5.32 Å². The van der Waals surface area contributed by atoms with Crippen molar-refractivity contribution in [3.05, 3.63) is 18.0 Å². The highest BCUT2D eigenvalue weighted by Crippen LogP contribution is 2.35. The fraction of sp³-hybridized carbons (Fsp3) is 0.769. The van der Waals surface area contributed by atoms with Gasteiger partial charge in [-0.25, -0.2) is 0 Å². The molecule has 96 valence electrons. The van der Waals surface area contributed by atoms with Crippen molar-refractivity contribution in [1.82, 2.24) is 20.0 Å². The van der Waals surface area contributed by atoms with E-state index in [9.17, 15) is 0 Å². The average Bonchev–Trinajstić information content (AvgIpc) is 2.86. The number of rotatable bonds is 4. The van der Waals surface area contributed by atoms with E-state index < -0.39 is 0 Å². The standard InChI is InChI=1S/C13H24N4/c1-10(2)17-9-12(8-15-17)13-11(7-14-3)5-6-16(13)4/h8-11,13-14H,5-7H2,1-4H3. The van der Waals surface area contributed by atoms with Crippen LogP contribution in [0.2, 0.25) is 0 Å². The first kappa shape index (κ1) is 12.6. The van der Waals surface area contributed by atoms with Crippen LogP contribution in [0.25, 0.3) is 0 Å². The first-order valence-corrected chi connectivity index (χ1v) is 6.52. The first-order valence-electron chi connectivity index (χ1n) is 6.52. The monoisotopic (exact) mass is 236 g/mol. The minimum Gasteiger partial charge on any atom is -0.319 e. The minimum atomic E-state index is 0.443. The molecular weight excluding hydrogens is 212 g/mol. The molecule has 2 unspecified atom stereocenters. The van der Waals surface area contributed by atoms with Crippen molar-refractivity contribution < 1.29 is 0 Å². The summed E-state index contributed by atoms with van der Waals surface area (Å²) in [5.41, 5.74) is 1.36. The molecule has 0 saturated carbocycles. The van der Waals surface area contributed by atoms with Crippen molar-refractivity contribution in [2.75, 3.05) is 27.2 Å². The smallest absolute Gasteiger partial charge is 0.0537 e. The number of nitrogens with one attached hydrogen (secondary N) is 1. The van der Waals surface area contributed by atoms with Crippen LogP contribution in [0.1, 0.15) is 37.9 Å². The Hall–Kier alpha value is -0.870. The van der Waals surface area contributed by atoms with Crippen LogP contribution >= 0.6 is 0 Å². The molecule has 2 heterocycles. The summed E-state index contributed by atoms with van der Waals surface area (Å²) in [5, 5.41) is 7.76. The Morgan fingerprint density at radius 1 is 1.53 bits per heavy atom. The molecule has 1 aliphatic heterocycles. The van der Waals surface area contributed by atoms with Gasteiger partial charge in [-0.05, 0) is 53.4 Å².